The molecule has 4 N–H and O–H groups in total. The Labute approximate surface area is 202 Å². The molecule has 33 heavy (non-hydrogen) atoms. The molecule has 1 aliphatic heterocycles. The van der Waals surface area contributed by atoms with Crippen molar-refractivity contribution >= 4 is 52.5 Å². The second-order valence-corrected chi connectivity index (χ2v) is 8.15. The number of benzene rings is 1. The molecule has 1 amide bonds. The van der Waals surface area contributed by atoms with Crippen LogP contribution in [0, 0.1) is 0 Å². The lowest BCUT2D eigenvalue weighted by Crippen LogP contribution is -2.32. The molecule has 0 radical (unpaired) electrons. The van der Waals surface area contributed by atoms with Crippen LogP contribution in [0.25, 0.3) is 22.2 Å². The van der Waals surface area contributed by atoms with Crippen LogP contribution < -0.4 is 16.4 Å². The molecular weight excluding hydrogens is 461 g/mol. The number of halogens is 2. The summed E-state index contributed by atoms with van der Waals surface area (Å²) in [6, 6.07) is 12.6. The molecule has 1 fully saturated rings. The van der Waals surface area contributed by atoms with Gasteiger partial charge in [0, 0.05) is 30.1 Å². The molecular formula is C23H23Cl2N7O. The van der Waals surface area contributed by atoms with Crippen molar-refractivity contribution in [3.05, 3.63) is 65.4 Å². The van der Waals surface area contributed by atoms with E-state index in [1.165, 1.54) is 0 Å². The summed E-state index contributed by atoms with van der Waals surface area (Å²) in [5.41, 5.74) is 8.98. The van der Waals surface area contributed by atoms with Crippen molar-refractivity contribution in [2.45, 2.75) is 18.9 Å². The third-order valence-electron chi connectivity index (χ3n) is 5.66. The number of amides is 1. The third-order valence-corrected chi connectivity index (χ3v) is 5.97. The highest BCUT2D eigenvalue weighted by atomic mass is 35.5. The average molecular weight is 484 g/mol. The Kier molecular flexibility index (Phi) is 6.78. The number of nitrogens with two attached hydrogens (primary N) is 1. The Morgan fingerprint density at radius 1 is 1.18 bits per heavy atom. The molecule has 0 aliphatic carbocycles. The highest BCUT2D eigenvalue weighted by Crippen LogP contribution is 2.37. The van der Waals surface area contributed by atoms with E-state index in [0.29, 0.717) is 33.5 Å². The van der Waals surface area contributed by atoms with Crippen molar-refractivity contribution in [3.63, 3.8) is 0 Å². The number of nitrogens with zero attached hydrogens (tertiary/aromatic N) is 4. The van der Waals surface area contributed by atoms with Gasteiger partial charge in [0.2, 0.25) is 0 Å². The van der Waals surface area contributed by atoms with Gasteiger partial charge in [-0.15, -0.1) is 12.4 Å². The summed E-state index contributed by atoms with van der Waals surface area (Å²) in [6.45, 7) is 1.86. The molecule has 0 unspecified atom stereocenters. The maximum Gasteiger partial charge on any atom is 0.256 e. The molecule has 1 aromatic carbocycles. The SMILES string of the molecule is Cl.Nc1nccc2c1c(-c1ccc(C(=O)Nc3ccccn3)cc1Cl)nn2[C@@H]1CCCNC1. The number of carbonyl (C=O) groups is 1. The van der Waals surface area contributed by atoms with Gasteiger partial charge in [-0.2, -0.15) is 5.10 Å². The first-order valence-corrected chi connectivity index (χ1v) is 10.9. The summed E-state index contributed by atoms with van der Waals surface area (Å²) < 4.78 is 2.02. The highest BCUT2D eigenvalue weighted by molar-refractivity contribution is 6.34. The normalized spacial score (nSPS) is 15.7. The van der Waals surface area contributed by atoms with Crippen LogP contribution in [0.4, 0.5) is 11.6 Å². The van der Waals surface area contributed by atoms with Crippen molar-refractivity contribution in [1.29, 1.82) is 0 Å². The fourth-order valence-electron chi connectivity index (χ4n) is 4.10. The van der Waals surface area contributed by atoms with Crippen LogP contribution in [0.15, 0.2) is 54.9 Å². The number of hydrogen-bond donors (Lipinski definition) is 3. The Hall–Kier alpha value is -3.20. The lowest BCUT2D eigenvalue weighted by molar-refractivity contribution is 0.102. The van der Waals surface area contributed by atoms with Crippen LogP contribution in [0.2, 0.25) is 5.02 Å². The van der Waals surface area contributed by atoms with Gasteiger partial charge in [0.05, 0.1) is 22.0 Å². The number of hydrogen-bond acceptors (Lipinski definition) is 6. The highest BCUT2D eigenvalue weighted by Gasteiger charge is 2.24. The number of aromatic nitrogens is 4. The third kappa shape index (κ3) is 4.50. The summed E-state index contributed by atoms with van der Waals surface area (Å²) in [4.78, 5) is 21.0. The monoisotopic (exact) mass is 483 g/mol. The zero-order valence-corrected chi connectivity index (χ0v) is 19.2. The first-order valence-electron chi connectivity index (χ1n) is 10.5. The first-order chi connectivity index (χ1) is 15.6. The van der Waals surface area contributed by atoms with Crippen molar-refractivity contribution < 1.29 is 4.79 Å². The molecule has 0 spiro atoms. The standard InChI is InChI=1S/C23H22ClN7O.ClH/c24-17-12-14(23(32)29-19-5-1-2-10-27-19)6-7-16(17)21-20-18(8-11-28-22(20)25)31(30-21)15-4-3-9-26-13-15;/h1-2,5-8,10-12,15,26H,3-4,9,13H2,(H2,25,28)(H,27,29,32);1H/t15-;/m1./s1. The Bertz CT molecular complexity index is 1290. The lowest BCUT2D eigenvalue weighted by atomic mass is 10.1. The second kappa shape index (κ2) is 9.74. The van der Waals surface area contributed by atoms with Gasteiger partial charge >= 0.3 is 0 Å². The Balaban J connectivity index is 0.00000259. The van der Waals surface area contributed by atoms with Crippen LogP contribution in [0.5, 0.6) is 0 Å². The van der Waals surface area contributed by atoms with Gasteiger partial charge in [0.25, 0.3) is 5.91 Å². The molecule has 4 heterocycles. The predicted octanol–water partition coefficient (Wildman–Crippen LogP) is 4.33. The van der Waals surface area contributed by atoms with Crippen molar-refractivity contribution in [2.24, 2.45) is 0 Å². The van der Waals surface area contributed by atoms with E-state index in [0.717, 1.165) is 36.8 Å². The number of anilines is 2. The molecule has 1 aliphatic rings. The fourth-order valence-corrected chi connectivity index (χ4v) is 4.37. The molecule has 8 nitrogen and oxygen atoms in total. The lowest BCUT2D eigenvalue weighted by Gasteiger charge is -2.23. The van der Waals surface area contributed by atoms with Crippen LogP contribution in [0.3, 0.4) is 0 Å². The zero-order valence-electron chi connectivity index (χ0n) is 17.7. The largest absolute Gasteiger partial charge is 0.383 e. The molecule has 3 aromatic heterocycles. The van der Waals surface area contributed by atoms with Gasteiger partial charge in [0.15, 0.2) is 0 Å². The first kappa shape index (κ1) is 23.0. The van der Waals surface area contributed by atoms with Gasteiger partial charge < -0.3 is 16.4 Å². The van der Waals surface area contributed by atoms with Gasteiger partial charge in [-0.1, -0.05) is 23.7 Å². The minimum atomic E-state index is -0.290. The molecule has 0 bridgehead atoms. The molecule has 0 saturated carbocycles. The van der Waals surface area contributed by atoms with E-state index in [1.54, 1.807) is 48.8 Å². The summed E-state index contributed by atoms with van der Waals surface area (Å²) in [6.07, 6.45) is 5.44. The molecule has 170 valence electrons. The van der Waals surface area contributed by atoms with E-state index in [2.05, 4.69) is 20.6 Å². The molecule has 5 rings (SSSR count). The van der Waals surface area contributed by atoms with Gasteiger partial charge in [0.1, 0.15) is 17.3 Å². The maximum atomic E-state index is 12.6. The zero-order chi connectivity index (χ0) is 22.1. The smallest absolute Gasteiger partial charge is 0.256 e. The molecule has 1 saturated heterocycles. The number of pyridine rings is 2. The number of fused-ring (bicyclic) bond motifs is 1. The van der Waals surface area contributed by atoms with Gasteiger partial charge in [-0.05, 0) is 49.7 Å². The van der Waals surface area contributed by atoms with E-state index in [-0.39, 0.29) is 24.4 Å². The maximum absolute atomic E-state index is 12.6. The fraction of sp³-hybridized carbons (Fsp3) is 0.217. The molecule has 4 aromatic rings. The van der Waals surface area contributed by atoms with Crippen molar-refractivity contribution in [1.82, 2.24) is 25.1 Å². The van der Waals surface area contributed by atoms with Crippen LogP contribution in [0.1, 0.15) is 29.2 Å². The van der Waals surface area contributed by atoms with Crippen LogP contribution in [-0.4, -0.2) is 38.7 Å². The molecule has 10 heteroatoms. The summed E-state index contributed by atoms with van der Waals surface area (Å²) in [5, 5.41) is 12.3. The van der Waals surface area contributed by atoms with Crippen molar-refractivity contribution in [3.8, 4) is 11.3 Å². The summed E-state index contributed by atoms with van der Waals surface area (Å²) in [5.74, 6) is 0.588. The summed E-state index contributed by atoms with van der Waals surface area (Å²) >= 11 is 6.64. The van der Waals surface area contributed by atoms with Crippen LogP contribution >= 0.6 is 24.0 Å². The predicted molar refractivity (Wildman–Crippen MR) is 133 cm³/mol. The van der Waals surface area contributed by atoms with E-state index < -0.39 is 0 Å². The van der Waals surface area contributed by atoms with E-state index in [4.69, 9.17) is 22.4 Å². The number of nitrogen functional groups attached to an aromatic ring is 1. The quantitative estimate of drug-likeness (QED) is 0.398. The second-order valence-electron chi connectivity index (χ2n) is 7.75. The van der Waals surface area contributed by atoms with E-state index in [9.17, 15) is 4.79 Å². The van der Waals surface area contributed by atoms with Crippen LogP contribution in [-0.2, 0) is 0 Å². The Morgan fingerprint density at radius 3 is 2.79 bits per heavy atom. The van der Waals surface area contributed by atoms with Gasteiger partial charge in [-0.25, -0.2) is 9.97 Å². The number of carbonyl (C=O) groups excluding carboxylic acids is 1. The average Bonchev–Trinajstić information content (AvgIpc) is 3.21. The summed E-state index contributed by atoms with van der Waals surface area (Å²) in [7, 11) is 0. The minimum absolute atomic E-state index is 0. The Morgan fingerprint density at radius 2 is 2.06 bits per heavy atom. The number of piperidine rings is 1. The minimum Gasteiger partial charge on any atom is -0.383 e. The van der Waals surface area contributed by atoms with Crippen molar-refractivity contribution in [2.75, 3.05) is 24.1 Å². The van der Waals surface area contributed by atoms with E-state index >= 15 is 0 Å². The number of rotatable bonds is 4. The molecule has 1 atom stereocenters. The topological polar surface area (TPSA) is 111 Å². The number of nitrogens with one attached hydrogen (secondary N) is 2. The van der Waals surface area contributed by atoms with E-state index in [1.807, 2.05) is 10.7 Å². The van der Waals surface area contributed by atoms with Gasteiger partial charge in [-0.3, -0.25) is 9.48 Å².